The monoisotopic (exact) mass is 329 g/mol. The van der Waals surface area contributed by atoms with E-state index in [4.69, 9.17) is 5.73 Å². The van der Waals surface area contributed by atoms with Crippen LogP contribution >= 0.6 is 0 Å². The molecule has 5 N–H and O–H groups in total. The lowest BCUT2D eigenvalue weighted by Crippen LogP contribution is -2.37. The minimum atomic E-state index is -0.564. The van der Waals surface area contributed by atoms with Gasteiger partial charge in [-0.3, -0.25) is 19.1 Å². The summed E-state index contributed by atoms with van der Waals surface area (Å²) in [6.45, 7) is 0.639. The molecule has 24 heavy (non-hydrogen) atoms. The van der Waals surface area contributed by atoms with Gasteiger partial charge in [-0.15, -0.1) is 0 Å². The zero-order chi connectivity index (χ0) is 17.1. The number of nitrogens with zero attached hydrogens (tertiary/aromatic N) is 1. The van der Waals surface area contributed by atoms with E-state index in [1.807, 2.05) is 30.3 Å². The molecule has 1 atom stereocenters. The van der Waals surface area contributed by atoms with Crippen molar-refractivity contribution in [2.24, 2.45) is 0 Å². The average Bonchev–Trinajstić information content (AvgIpc) is 2.97. The number of rotatable bonds is 5. The highest BCUT2D eigenvalue weighted by Crippen LogP contribution is 2.14. The zero-order valence-corrected chi connectivity index (χ0v) is 13.0. The van der Waals surface area contributed by atoms with Gasteiger partial charge < -0.3 is 16.4 Å². The van der Waals surface area contributed by atoms with Crippen molar-refractivity contribution in [3.8, 4) is 0 Å². The molecule has 126 valence electrons. The lowest BCUT2D eigenvalue weighted by atomic mass is 10.2. The molecule has 2 heterocycles. The van der Waals surface area contributed by atoms with Crippen LogP contribution in [0.4, 0.5) is 11.5 Å². The molecule has 1 aliphatic rings. The van der Waals surface area contributed by atoms with Crippen molar-refractivity contribution in [1.29, 1.82) is 0 Å². The molecule has 1 fully saturated rings. The maximum Gasteiger partial charge on any atom is 0.330 e. The fourth-order valence-electron chi connectivity index (χ4n) is 2.74. The molecule has 2 aromatic rings. The number of amides is 1. The number of anilines is 2. The average molecular weight is 329 g/mol. The van der Waals surface area contributed by atoms with E-state index in [1.54, 1.807) is 0 Å². The normalized spacial score (nSPS) is 16.8. The molecule has 0 saturated carbocycles. The first-order valence-corrected chi connectivity index (χ1v) is 7.74. The van der Waals surface area contributed by atoms with Gasteiger partial charge in [0.15, 0.2) is 0 Å². The van der Waals surface area contributed by atoms with Gasteiger partial charge in [-0.2, -0.15) is 0 Å². The highest BCUT2D eigenvalue weighted by atomic mass is 16.2. The second-order valence-electron chi connectivity index (χ2n) is 5.78. The molecule has 0 bridgehead atoms. The zero-order valence-electron chi connectivity index (χ0n) is 13.0. The number of aromatic amines is 1. The number of hydrogen-bond donors (Lipinski definition) is 4. The second kappa shape index (κ2) is 6.61. The minimum absolute atomic E-state index is 0.00210. The summed E-state index contributed by atoms with van der Waals surface area (Å²) in [6, 6.07) is 9.31. The Morgan fingerprint density at radius 1 is 1.21 bits per heavy atom. The van der Waals surface area contributed by atoms with Crippen LogP contribution in [0.2, 0.25) is 0 Å². The van der Waals surface area contributed by atoms with Crippen LogP contribution in [-0.2, 0) is 11.3 Å². The summed E-state index contributed by atoms with van der Waals surface area (Å²) in [4.78, 5) is 37.6. The Bertz CT molecular complexity index is 856. The third-order valence-corrected chi connectivity index (χ3v) is 4.03. The van der Waals surface area contributed by atoms with E-state index in [9.17, 15) is 14.4 Å². The molecule has 1 aromatic carbocycles. The predicted octanol–water partition coefficient (Wildman–Crippen LogP) is -0.142. The Kier molecular flexibility index (Phi) is 4.37. The van der Waals surface area contributed by atoms with Crippen LogP contribution in [0, 0.1) is 0 Å². The van der Waals surface area contributed by atoms with Crippen molar-refractivity contribution in [1.82, 2.24) is 14.9 Å². The van der Waals surface area contributed by atoms with Crippen molar-refractivity contribution in [3.63, 3.8) is 0 Å². The van der Waals surface area contributed by atoms with Crippen molar-refractivity contribution in [2.45, 2.75) is 25.4 Å². The molecule has 0 aliphatic carbocycles. The lowest BCUT2D eigenvalue weighted by molar-refractivity contribution is -0.119. The molecule has 8 nitrogen and oxygen atoms in total. The minimum Gasteiger partial charge on any atom is -0.383 e. The van der Waals surface area contributed by atoms with E-state index in [-0.39, 0.29) is 30.0 Å². The number of aromatic nitrogens is 2. The standard InChI is InChI=1S/C16H19N5O3/c17-14-13(18-8-11-6-7-12(22)19-11)15(23)20-16(24)21(14)9-10-4-2-1-3-5-10/h1-5,11,18H,6-9,17H2,(H,19,22)(H,20,23,24). The van der Waals surface area contributed by atoms with E-state index in [2.05, 4.69) is 15.6 Å². The molecule has 0 radical (unpaired) electrons. The van der Waals surface area contributed by atoms with Crippen LogP contribution < -0.4 is 27.6 Å². The van der Waals surface area contributed by atoms with Crippen molar-refractivity contribution in [2.75, 3.05) is 17.6 Å². The smallest absolute Gasteiger partial charge is 0.330 e. The number of nitrogen functional groups attached to an aromatic ring is 1. The third-order valence-electron chi connectivity index (χ3n) is 4.03. The van der Waals surface area contributed by atoms with Crippen molar-refractivity contribution in [3.05, 3.63) is 56.7 Å². The van der Waals surface area contributed by atoms with Gasteiger partial charge in [0, 0.05) is 19.0 Å². The Labute approximate surface area is 137 Å². The summed E-state index contributed by atoms with van der Waals surface area (Å²) in [7, 11) is 0. The van der Waals surface area contributed by atoms with E-state index < -0.39 is 11.2 Å². The quantitative estimate of drug-likeness (QED) is 0.608. The lowest BCUT2D eigenvalue weighted by Gasteiger charge is -2.16. The van der Waals surface area contributed by atoms with E-state index in [0.29, 0.717) is 19.4 Å². The Hall–Kier alpha value is -3.03. The predicted molar refractivity (Wildman–Crippen MR) is 90.9 cm³/mol. The Balaban J connectivity index is 1.84. The highest BCUT2D eigenvalue weighted by molar-refractivity contribution is 5.78. The molecule has 1 unspecified atom stereocenters. The van der Waals surface area contributed by atoms with Gasteiger partial charge in [-0.05, 0) is 12.0 Å². The molecule has 0 spiro atoms. The summed E-state index contributed by atoms with van der Waals surface area (Å²) in [5.41, 5.74) is 5.96. The fourth-order valence-corrected chi connectivity index (χ4v) is 2.74. The number of nitrogens with one attached hydrogen (secondary N) is 3. The first-order chi connectivity index (χ1) is 11.5. The van der Waals surface area contributed by atoms with Gasteiger partial charge in [-0.1, -0.05) is 30.3 Å². The van der Waals surface area contributed by atoms with E-state index in [0.717, 1.165) is 5.56 Å². The second-order valence-corrected chi connectivity index (χ2v) is 5.78. The highest BCUT2D eigenvalue weighted by Gasteiger charge is 2.21. The van der Waals surface area contributed by atoms with Gasteiger partial charge >= 0.3 is 5.69 Å². The van der Waals surface area contributed by atoms with Gasteiger partial charge in [0.1, 0.15) is 11.5 Å². The summed E-state index contributed by atoms with van der Waals surface area (Å²) in [5, 5.41) is 5.76. The SMILES string of the molecule is Nc1c(NCC2CCC(=O)N2)c(=O)[nH]c(=O)n1Cc1ccccc1. The topological polar surface area (TPSA) is 122 Å². The number of carbonyl (C=O) groups is 1. The van der Waals surface area contributed by atoms with Gasteiger partial charge in [0.25, 0.3) is 5.56 Å². The Morgan fingerprint density at radius 2 is 1.96 bits per heavy atom. The summed E-state index contributed by atoms with van der Waals surface area (Å²) in [5.74, 6) is 0.0784. The number of hydrogen-bond acceptors (Lipinski definition) is 5. The third kappa shape index (κ3) is 3.32. The van der Waals surface area contributed by atoms with Crippen LogP contribution in [0.3, 0.4) is 0 Å². The maximum absolute atomic E-state index is 12.1. The fraction of sp³-hybridized carbons (Fsp3) is 0.312. The van der Waals surface area contributed by atoms with Crippen LogP contribution in [0.25, 0.3) is 0 Å². The molecular weight excluding hydrogens is 310 g/mol. The van der Waals surface area contributed by atoms with Crippen LogP contribution in [0.5, 0.6) is 0 Å². The molecule has 8 heteroatoms. The largest absolute Gasteiger partial charge is 0.383 e. The molecule has 1 amide bonds. The van der Waals surface area contributed by atoms with Crippen molar-refractivity contribution >= 4 is 17.4 Å². The summed E-state index contributed by atoms with van der Waals surface area (Å²) in [6.07, 6.45) is 1.18. The van der Waals surface area contributed by atoms with Gasteiger partial charge in [0.2, 0.25) is 5.91 Å². The number of carbonyl (C=O) groups excluding carboxylic acids is 1. The van der Waals surface area contributed by atoms with Crippen molar-refractivity contribution < 1.29 is 4.79 Å². The molecule has 3 rings (SSSR count). The molecule has 1 aromatic heterocycles. The number of H-pyrrole nitrogens is 1. The van der Waals surface area contributed by atoms with Crippen LogP contribution in [-0.4, -0.2) is 28.0 Å². The summed E-state index contributed by atoms with van der Waals surface area (Å²) >= 11 is 0. The van der Waals surface area contributed by atoms with Crippen LogP contribution in [0.1, 0.15) is 18.4 Å². The molecule has 1 aliphatic heterocycles. The molecule has 1 saturated heterocycles. The first-order valence-electron chi connectivity index (χ1n) is 7.74. The number of nitrogens with two attached hydrogens (primary N) is 1. The number of benzene rings is 1. The maximum atomic E-state index is 12.1. The van der Waals surface area contributed by atoms with Gasteiger partial charge in [0.05, 0.1) is 6.54 Å². The van der Waals surface area contributed by atoms with E-state index in [1.165, 1.54) is 4.57 Å². The van der Waals surface area contributed by atoms with E-state index >= 15 is 0 Å². The van der Waals surface area contributed by atoms with Crippen LogP contribution in [0.15, 0.2) is 39.9 Å². The van der Waals surface area contributed by atoms with Gasteiger partial charge in [-0.25, -0.2) is 4.79 Å². The summed E-state index contributed by atoms with van der Waals surface area (Å²) < 4.78 is 1.31. The first kappa shape index (κ1) is 15.9. The molecular formula is C16H19N5O3. The Morgan fingerprint density at radius 3 is 2.62 bits per heavy atom.